The van der Waals surface area contributed by atoms with E-state index in [4.69, 9.17) is 4.74 Å². The van der Waals surface area contributed by atoms with E-state index in [2.05, 4.69) is 5.32 Å². The average Bonchev–Trinajstić information content (AvgIpc) is 2.36. The maximum Gasteiger partial charge on any atom is 0.245 e. The molecule has 1 fully saturated rings. The summed E-state index contributed by atoms with van der Waals surface area (Å²) in [6.45, 7) is 8.16. The number of rotatable bonds is 3. The number of carbonyl (C=O) groups excluding carboxylic acids is 2. The van der Waals surface area contributed by atoms with E-state index in [1.54, 1.807) is 32.6 Å². The number of carbonyl (C=O) groups is 2. The maximum atomic E-state index is 12.3. The molecule has 1 aliphatic rings. The van der Waals surface area contributed by atoms with Crippen molar-refractivity contribution < 1.29 is 19.4 Å². The van der Waals surface area contributed by atoms with Crippen molar-refractivity contribution in [3.63, 3.8) is 0 Å². The van der Waals surface area contributed by atoms with Crippen molar-refractivity contribution in [1.82, 2.24) is 10.2 Å². The minimum absolute atomic E-state index is 0.133. The minimum Gasteiger partial charge on any atom is -0.394 e. The molecule has 2 amide bonds. The van der Waals surface area contributed by atoms with E-state index in [-0.39, 0.29) is 24.5 Å². The molecule has 0 spiro atoms. The van der Waals surface area contributed by atoms with Crippen LogP contribution in [-0.4, -0.2) is 60.3 Å². The second-order valence-electron chi connectivity index (χ2n) is 5.89. The second-order valence-corrected chi connectivity index (χ2v) is 5.89. The van der Waals surface area contributed by atoms with Crippen LogP contribution < -0.4 is 5.32 Å². The van der Waals surface area contributed by atoms with Crippen LogP contribution in [0.15, 0.2) is 0 Å². The van der Waals surface area contributed by atoms with Crippen LogP contribution >= 0.6 is 0 Å². The van der Waals surface area contributed by atoms with Crippen molar-refractivity contribution in [2.45, 2.75) is 39.8 Å². The predicted octanol–water partition coefficient (Wildman–Crippen LogP) is -0.243. The lowest BCUT2D eigenvalue weighted by atomic mass is 9.95. The van der Waals surface area contributed by atoms with Crippen molar-refractivity contribution in [2.75, 3.05) is 26.4 Å². The number of hydrogen-bond donors (Lipinski definition) is 2. The van der Waals surface area contributed by atoms with Crippen molar-refractivity contribution in [1.29, 1.82) is 0 Å². The van der Waals surface area contributed by atoms with Crippen LogP contribution in [0.25, 0.3) is 0 Å². The summed E-state index contributed by atoms with van der Waals surface area (Å²) in [5, 5.41) is 12.0. The van der Waals surface area contributed by atoms with E-state index in [1.165, 1.54) is 0 Å². The third-order valence-electron chi connectivity index (χ3n) is 3.12. The zero-order valence-corrected chi connectivity index (χ0v) is 12.1. The number of nitrogens with one attached hydrogen (secondary N) is 1. The fraction of sp³-hybridized carbons (Fsp3) is 0.846. The maximum absolute atomic E-state index is 12.3. The molecular formula is C13H24N2O4. The molecule has 0 bridgehead atoms. The molecule has 1 heterocycles. The largest absolute Gasteiger partial charge is 0.394 e. The van der Waals surface area contributed by atoms with Gasteiger partial charge in [0.15, 0.2) is 0 Å². The first-order valence-corrected chi connectivity index (χ1v) is 6.57. The molecule has 0 saturated carbocycles. The highest BCUT2D eigenvalue weighted by atomic mass is 16.5. The second kappa shape index (κ2) is 6.34. The van der Waals surface area contributed by atoms with E-state index in [1.807, 2.05) is 0 Å². The van der Waals surface area contributed by atoms with Gasteiger partial charge in [0.25, 0.3) is 0 Å². The molecule has 2 unspecified atom stereocenters. The normalized spacial score (nSPS) is 21.9. The standard InChI is InChI=1S/C13H24N2O4/c1-9(14-12(18)13(2,3)4)11(17)15-5-6-19-8-10(15)7-16/h9-10,16H,5-8H2,1-4H3,(H,14,18). The van der Waals surface area contributed by atoms with Crippen molar-refractivity contribution in [3.8, 4) is 0 Å². The molecule has 0 aromatic heterocycles. The first kappa shape index (κ1) is 15.9. The van der Waals surface area contributed by atoms with E-state index < -0.39 is 11.5 Å². The molecule has 19 heavy (non-hydrogen) atoms. The number of ether oxygens (including phenoxy) is 1. The van der Waals surface area contributed by atoms with Crippen LogP contribution in [0.2, 0.25) is 0 Å². The number of aliphatic hydroxyl groups is 1. The number of amides is 2. The van der Waals surface area contributed by atoms with Gasteiger partial charge in [-0.1, -0.05) is 20.8 Å². The van der Waals surface area contributed by atoms with Crippen LogP contribution in [0.4, 0.5) is 0 Å². The molecule has 110 valence electrons. The van der Waals surface area contributed by atoms with Gasteiger partial charge >= 0.3 is 0 Å². The average molecular weight is 272 g/mol. The summed E-state index contributed by atoms with van der Waals surface area (Å²) < 4.78 is 5.23. The van der Waals surface area contributed by atoms with Gasteiger partial charge in [0, 0.05) is 12.0 Å². The predicted molar refractivity (Wildman–Crippen MR) is 70.5 cm³/mol. The van der Waals surface area contributed by atoms with Crippen molar-refractivity contribution >= 4 is 11.8 Å². The Balaban J connectivity index is 2.63. The zero-order valence-electron chi connectivity index (χ0n) is 12.1. The van der Waals surface area contributed by atoms with E-state index >= 15 is 0 Å². The molecule has 6 nitrogen and oxygen atoms in total. The number of aliphatic hydroxyl groups excluding tert-OH is 1. The highest BCUT2D eigenvalue weighted by Gasteiger charge is 2.32. The van der Waals surface area contributed by atoms with E-state index in [0.29, 0.717) is 19.8 Å². The van der Waals surface area contributed by atoms with Gasteiger partial charge in [0.2, 0.25) is 11.8 Å². The van der Waals surface area contributed by atoms with Gasteiger partial charge in [-0.25, -0.2) is 0 Å². The van der Waals surface area contributed by atoms with Crippen molar-refractivity contribution in [3.05, 3.63) is 0 Å². The lowest BCUT2D eigenvalue weighted by Gasteiger charge is -2.36. The third kappa shape index (κ3) is 4.18. The summed E-state index contributed by atoms with van der Waals surface area (Å²) in [4.78, 5) is 25.7. The highest BCUT2D eigenvalue weighted by Crippen LogP contribution is 2.14. The lowest BCUT2D eigenvalue weighted by Crippen LogP contribution is -2.57. The van der Waals surface area contributed by atoms with Gasteiger partial charge in [-0.2, -0.15) is 0 Å². The molecular weight excluding hydrogens is 248 g/mol. The zero-order chi connectivity index (χ0) is 14.6. The Labute approximate surface area is 114 Å². The van der Waals surface area contributed by atoms with E-state index in [0.717, 1.165) is 0 Å². The minimum atomic E-state index is -0.598. The van der Waals surface area contributed by atoms with Gasteiger partial charge in [0.05, 0.1) is 25.9 Å². The molecule has 0 aromatic carbocycles. The summed E-state index contributed by atoms with van der Waals surface area (Å²) in [7, 11) is 0. The van der Waals surface area contributed by atoms with Gasteiger partial charge in [-0.15, -0.1) is 0 Å². The van der Waals surface area contributed by atoms with Crippen molar-refractivity contribution in [2.24, 2.45) is 5.41 Å². The van der Waals surface area contributed by atoms with Crippen LogP contribution in [0, 0.1) is 5.41 Å². The number of hydrogen-bond acceptors (Lipinski definition) is 4. The third-order valence-corrected chi connectivity index (χ3v) is 3.12. The summed E-state index contributed by atoms with van der Waals surface area (Å²) in [6, 6.07) is -0.922. The van der Waals surface area contributed by atoms with Crippen LogP contribution in [-0.2, 0) is 14.3 Å². The summed E-state index contributed by atoms with van der Waals surface area (Å²) >= 11 is 0. The van der Waals surface area contributed by atoms with Gasteiger partial charge in [-0.05, 0) is 6.92 Å². The Morgan fingerprint density at radius 2 is 2.11 bits per heavy atom. The highest BCUT2D eigenvalue weighted by molar-refractivity contribution is 5.89. The monoisotopic (exact) mass is 272 g/mol. The van der Waals surface area contributed by atoms with Gasteiger partial charge in [0.1, 0.15) is 6.04 Å². The Kier molecular flexibility index (Phi) is 5.31. The van der Waals surface area contributed by atoms with Gasteiger partial charge < -0.3 is 20.1 Å². The molecule has 1 rings (SSSR count). The molecule has 0 aliphatic carbocycles. The van der Waals surface area contributed by atoms with Crippen LogP contribution in [0.3, 0.4) is 0 Å². The lowest BCUT2D eigenvalue weighted by molar-refractivity contribution is -0.146. The molecule has 0 aromatic rings. The SMILES string of the molecule is CC(NC(=O)C(C)(C)C)C(=O)N1CCOCC1CO. The Morgan fingerprint density at radius 1 is 1.47 bits per heavy atom. The summed E-state index contributed by atoms with van der Waals surface area (Å²) in [6.07, 6.45) is 0. The topological polar surface area (TPSA) is 78.9 Å². The van der Waals surface area contributed by atoms with Crippen LogP contribution in [0.5, 0.6) is 0 Å². The van der Waals surface area contributed by atoms with Gasteiger partial charge in [-0.3, -0.25) is 9.59 Å². The Hall–Kier alpha value is -1.14. The molecule has 0 radical (unpaired) electrons. The Morgan fingerprint density at radius 3 is 2.63 bits per heavy atom. The molecule has 1 saturated heterocycles. The number of morpholine rings is 1. The summed E-state index contributed by atoms with van der Waals surface area (Å²) in [5.74, 6) is -0.345. The number of nitrogens with zero attached hydrogens (tertiary/aromatic N) is 1. The molecule has 1 aliphatic heterocycles. The molecule has 2 atom stereocenters. The first-order chi connectivity index (χ1) is 8.77. The fourth-order valence-electron chi connectivity index (χ4n) is 1.82. The van der Waals surface area contributed by atoms with Crippen LogP contribution in [0.1, 0.15) is 27.7 Å². The first-order valence-electron chi connectivity index (χ1n) is 6.57. The molecule has 2 N–H and O–H groups in total. The quantitative estimate of drug-likeness (QED) is 0.743. The summed E-state index contributed by atoms with van der Waals surface area (Å²) in [5.41, 5.74) is -0.532. The van der Waals surface area contributed by atoms with E-state index in [9.17, 15) is 14.7 Å². The smallest absolute Gasteiger partial charge is 0.245 e. The fourth-order valence-corrected chi connectivity index (χ4v) is 1.82. The Bertz CT molecular complexity index is 338. The molecule has 6 heteroatoms.